The summed E-state index contributed by atoms with van der Waals surface area (Å²) in [6, 6.07) is 2.21. The molecule has 0 unspecified atom stereocenters. The van der Waals surface area contributed by atoms with E-state index in [-0.39, 0.29) is 0 Å². The van der Waals surface area contributed by atoms with Gasteiger partial charge >= 0.3 is 0 Å². The standard InChI is InChI=1S/C12H16N2/c1-4-5-14-8-10(3)11-6-9(2)7-13-12(11)14/h6-8H,4-5H2,1-3H3. The van der Waals surface area contributed by atoms with Gasteiger partial charge in [0.15, 0.2) is 0 Å². The first kappa shape index (κ1) is 9.25. The summed E-state index contributed by atoms with van der Waals surface area (Å²) in [5, 5.41) is 1.29. The molecule has 0 spiro atoms. The zero-order valence-corrected chi connectivity index (χ0v) is 9.04. The molecule has 0 aliphatic carbocycles. The van der Waals surface area contributed by atoms with Gasteiger partial charge in [-0.05, 0) is 37.5 Å². The molecule has 0 saturated heterocycles. The minimum absolute atomic E-state index is 1.06. The second-order valence-corrected chi connectivity index (χ2v) is 3.89. The molecule has 2 nitrogen and oxygen atoms in total. The van der Waals surface area contributed by atoms with E-state index in [2.05, 4.69) is 42.6 Å². The number of pyridine rings is 1. The summed E-state index contributed by atoms with van der Waals surface area (Å²) in [5.41, 5.74) is 3.68. The lowest BCUT2D eigenvalue weighted by Gasteiger charge is -2.01. The Morgan fingerprint density at radius 3 is 2.86 bits per heavy atom. The van der Waals surface area contributed by atoms with Crippen LogP contribution in [0.4, 0.5) is 0 Å². The van der Waals surface area contributed by atoms with Gasteiger partial charge in [-0.2, -0.15) is 0 Å². The monoisotopic (exact) mass is 188 g/mol. The van der Waals surface area contributed by atoms with Gasteiger partial charge in [-0.25, -0.2) is 4.98 Å². The summed E-state index contributed by atoms with van der Waals surface area (Å²) >= 11 is 0. The van der Waals surface area contributed by atoms with E-state index in [0.717, 1.165) is 18.6 Å². The van der Waals surface area contributed by atoms with Crippen molar-refractivity contribution in [1.29, 1.82) is 0 Å². The highest BCUT2D eigenvalue weighted by Gasteiger charge is 2.05. The highest BCUT2D eigenvalue weighted by atomic mass is 15.0. The molecule has 14 heavy (non-hydrogen) atoms. The molecule has 0 fully saturated rings. The Balaban J connectivity index is 2.65. The lowest BCUT2D eigenvalue weighted by atomic mass is 10.2. The fraction of sp³-hybridized carbons (Fsp3) is 0.417. The first-order valence-corrected chi connectivity index (χ1v) is 5.14. The van der Waals surface area contributed by atoms with E-state index in [1.54, 1.807) is 0 Å². The van der Waals surface area contributed by atoms with Crippen LogP contribution in [0.3, 0.4) is 0 Å². The zero-order chi connectivity index (χ0) is 10.1. The minimum atomic E-state index is 1.06. The van der Waals surface area contributed by atoms with Crippen LogP contribution < -0.4 is 0 Å². The van der Waals surface area contributed by atoms with Crippen LogP contribution in [0.1, 0.15) is 24.5 Å². The second-order valence-electron chi connectivity index (χ2n) is 3.89. The van der Waals surface area contributed by atoms with Crippen molar-refractivity contribution in [3.05, 3.63) is 29.6 Å². The van der Waals surface area contributed by atoms with E-state index in [4.69, 9.17) is 0 Å². The maximum absolute atomic E-state index is 4.48. The normalized spacial score (nSPS) is 11.1. The fourth-order valence-electron chi connectivity index (χ4n) is 1.86. The maximum Gasteiger partial charge on any atom is 0.140 e. The van der Waals surface area contributed by atoms with Crippen molar-refractivity contribution in [3.63, 3.8) is 0 Å². The van der Waals surface area contributed by atoms with Gasteiger partial charge in [0, 0.05) is 24.3 Å². The van der Waals surface area contributed by atoms with Crippen LogP contribution in [0.5, 0.6) is 0 Å². The predicted octanol–water partition coefficient (Wildman–Crippen LogP) is 3.06. The lowest BCUT2D eigenvalue weighted by molar-refractivity contribution is 0.696. The van der Waals surface area contributed by atoms with Gasteiger partial charge in [-0.1, -0.05) is 6.92 Å². The van der Waals surface area contributed by atoms with Gasteiger partial charge < -0.3 is 4.57 Å². The highest BCUT2D eigenvalue weighted by molar-refractivity contribution is 5.80. The number of aryl methyl sites for hydroxylation is 3. The number of aromatic nitrogens is 2. The molecule has 2 heteroatoms. The van der Waals surface area contributed by atoms with E-state index >= 15 is 0 Å². The third-order valence-electron chi connectivity index (χ3n) is 2.51. The Morgan fingerprint density at radius 2 is 2.14 bits per heavy atom. The Morgan fingerprint density at radius 1 is 1.36 bits per heavy atom. The molecule has 0 atom stereocenters. The van der Waals surface area contributed by atoms with E-state index in [1.165, 1.54) is 16.5 Å². The van der Waals surface area contributed by atoms with Gasteiger partial charge in [-0.15, -0.1) is 0 Å². The number of hydrogen-bond donors (Lipinski definition) is 0. The smallest absolute Gasteiger partial charge is 0.140 e. The van der Waals surface area contributed by atoms with Gasteiger partial charge in [0.05, 0.1) is 0 Å². The van der Waals surface area contributed by atoms with Crippen LogP contribution in [0.2, 0.25) is 0 Å². The Bertz CT molecular complexity index is 455. The predicted molar refractivity (Wildman–Crippen MR) is 59.5 cm³/mol. The lowest BCUT2D eigenvalue weighted by Crippen LogP contribution is -1.95. The summed E-state index contributed by atoms with van der Waals surface area (Å²) in [6.45, 7) is 7.48. The van der Waals surface area contributed by atoms with Crippen molar-refractivity contribution < 1.29 is 0 Å². The molecule has 0 saturated carbocycles. The molecule has 0 radical (unpaired) electrons. The number of hydrogen-bond acceptors (Lipinski definition) is 1. The van der Waals surface area contributed by atoms with Crippen LogP contribution in [-0.4, -0.2) is 9.55 Å². The van der Waals surface area contributed by atoms with Gasteiger partial charge in [0.2, 0.25) is 0 Å². The van der Waals surface area contributed by atoms with Crippen molar-refractivity contribution in [2.45, 2.75) is 33.7 Å². The average molecular weight is 188 g/mol. The van der Waals surface area contributed by atoms with Gasteiger partial charge in [0.1, 0.15) is 5.65 Å². The van der Waals surface area contributed by atoms with Crippen LogP contribution >= 0.6 is 0 Å². The molecule has 74 valence electrons. The van der Waals surface area contributed by atoms with Crippen LogP contribution in [0, 0.1) is 13.8 Å². The number of rotatable bonds is 2. The molecule has 0 N–H and O–H groups in total. The molecule has 0 aromatic carbocycles. The number of fused-ring (bicyclic) bond motifs is 1. The van der Waals surface area contributed by atoms with E-state index < -0.39 is 0 Å². The highest BCUT2D eigenvalue weighted by Crippen LogP contribution is 2.19. The molecule has 2 heterocycles. The van der Waals surface area contributed by atoms with Crippen LogP contribution in [-0.2, 0) is 6.54 Å². The summed E-state index contributed by atoms with van der Waals surface area (Å²) < 4.78 is 2.24. The van der Waals surface area contributed by atoms with E-state index in [9.17, 15) is 0 Å². The van der Waals surface area contributed by atoms with E-state index in [1.807, 2.05) is 6.20 Å². The Hall–Kier alpha value is -1.31. The summed E-state index contributed by atoms with van der Waals surface area (Å²) in [5.74, 6) is 0. The zero-order valence-electron chi connectivity index (χ0n) is 9.04. The first-order chi connectivity index (χ1) is 6.72. The minimum Gasteiger partial charge on any atom is -0.332 e. The molecule has 0 aliphatic heterocycles. The molecular formula is C12H16N2. The third kappa shape index (κ3) is 1.41. The van der Waals surface area contributed by atoms with Crippen molar-refractivity contribution in [2.24, 2.45) is 0 Å². The molecule has 0 aliphatic rings. The summed E-state index contributed by atoms with van der Waals surface area (Å²) in [4.78, 5) is 4.48. The topological polar surface area (TPSA) is 17.8 Å². The first-order valence-electron chi connectivity index (χ1n) is 5.14. The van der Waals surface area contributed by atoms with Crippen LogP contribution in [0.25, 0.3) is 11.0 Å². The fourth-order valence-corrected chi connectivity index (χ4v) is 1.86. The largest absolute Gasteiger partial charge is 0.332 e. The molecule has 2 aromatic heterocycles. The Labute approximate surface area is 84.6 Å². The maximum atomic E-state index is 4.48. The quantitative estimate of drug-likeness (QED) is 0.708. The van der Waals surface area contributed by atoms with Crippen molar-refractivity contribution in [1.82, 2.24) is 9.55 Å². The van der Waals surface area contributed by atoms with Crippen molar-refractivity contribution in [2.75, 3.05) is 0 Å². The molecular weight excluding hydrogens is 172 g/mol. The average Bonchev–Trinajstić information content (AvgIpc) is 2.44. The number of nitrogens with zero attached hydrogens (tertiary/aromatic N) is 2. The molecule has 2 rings (SSSR count). The summed E-state index contributed by atoms with van der Waals surface area (Å²) in [6.07, 6.45) is 5.29. The molecule has 0 bridgehead atoms. The Kier molecular flexibility index (Phi) is 2.28. The van der Waals surface area contributed by atoms with Gasteiger partial charge in [0.25, 0.3) is 0 Å². The van der Waals surface area contributed by atoms with Crippen molar-refractivity contribution in [3.8, 4) is 0 Å². The van der Waals surface area contributed by atoms with Gasteiger partial charge in [-0.3, -0.25) is 0 Å². The van der Waals surface area contributed by atoms with E-state index in [0.29, 0.717) is 0 Å². The third-order valence-corrected chi connectivity index (χ3v) is 2.51. The molecule has 2 aromatic rings. The SMILES string of the molecule is CCCn1cc(C)c2cc(C)cnc21. The van der Waals surface area contributed by atoms with Crippen molar-refractivity contribution >= 4 is 11.0 Å². The van der Waals surface area contributed by atoms with Crippen LogP contribution in [0.15, 0.2) is 18.5 Å². The second kappa shape index (κ2) is 3.45. The molecule has 0 amide bonds. The summed E-state index contributed by atoms with van der Waals surface area (Å²) in [7, 11) is 0.